The largest absolute Gasteiger partial charge is 0.356 e. The Morgan fingerprint density at radius 1 is 1.59 bits per heavy atom. The van der Waals surface area contributed by atoms with Gasteiger partial charge in [-0.05, 0) is 19.8 Å². The van der Waals surface area contributed by atoms with Gasteiger partial charge in [-0.25, -0.2) is 4.98 Å². The number of nitrogens with zero attached hydrogens (tertiary/aromatic N) is 2. The lowest BCUT2D eigenvalue weighted by Crippen LogP contribution is -2.33. The van der Waals surface area contributed by atoms with Crippen LogP contribution in [0.1, 0.15) is 19.8 Å². The van der Waals surface area contributed by atoms with Crippen LogP contribution in [0.2, 0.25) is 0 Å². The smallest absolute Gasteiger partial charge is 0.293 e. The third kappa shape index (κ3) is 3.05. The highest BCUT2D eigenvalue weighted by Gasteiger charge is 2.22. The maximum absolute atomic E-state index is 11.8. The van der Waals surface area contributed by atoms with E-state index in [2.05, 4.69) is 15.6 Å². The Kier molecular flexibility index (Phi) is 3.41. The predicted molar refractivity (Wildman–Crippen MR) is 63.8 cm³/mol. The summed E-state index contributed by atoms with van der Waals surface area (Å²) in [7, 11) is 0. The second kappa shape index (κ2) is 4.99. The number of aryl methyl sites for hydroxylation is 1. The highest BCUT2D eigenvalue weighted by atomic mass is 16.2. The fourth-order valence-electron chi connectivity index (χ4n) is 1.49. The van der Waals surface area contributed by atoms with Crippen LogP contribution in [0, 0.1) is 0 Å². The van der Waals surface area contributed by atoms with Crippen molar-refractivity contribution in [1.82, 2.24) is 14.9 Å². The van der Waals surface area contributed by atoms with E-state index in [-0.39, 0.29) is 23.8 Å². The van der Waals surface area contributed by atoms with E-state index in [0.29, 0.717) is 12.6 Å². The molecular weight excluding hydrogens is 220 g/mol. The fourth-order valence-corrected chi connectivity index (χ4v) is 1.49. The number of aromatic nitrogens is 2. The van der Waals surface area contributed by atoms with Crippen LogP contribution in [0.3, 0.4) is 0 Å². The summed E-state index contributed by atoms with van der Waals surface area (Å²) in [6.45, 7) is 2.56. The summed E-state index contributed by atoms with van der Waals surface area (Å²) in [5.74, 6) is 0.126. The molecule has 17 heavy (non-hydrogen) atoms. The van der Waals surface area contributed by atoms with E-state index < -0.39 is 0 Å². The average molecular weight is 236 g/mol. The molecule has 0 bridgehead atoms. The van der Waals surface area contributed by atoms with Crippen molar-refractivity contribution in [3.8, 4) is 0 Å². The Morgan fingerprint density at radius 3 is 3.00 bits per heavy atom. The highest BCUT2D eigenvalue weighted by molar-refractivity contribution is 5.80. The molecule has 1 aromatic rings. The van der Waals surface area contributed by atoms with Gasteiger partial charge in [0.05, 0.1) is 6.54 Å². The molecule has 2 N–H and O–H groups in total. The van der Waals surface area contributed by atoms with E-state index in [9.17, 15) is 9.59 Å². The molecule has 0 unspecified atom stereocenters. The molecule has 6 heteroatoms. The first-order valence-corrected chi connectivity index (χ1v) is 5.79. The minimum absolute atomic E-state index is 0.0897. The van der Waals surface area contributed by atoms with Crippen molar-refractivity contribution >= 4 is 11.7 Å². The van der Waals surface area contributed by atoms with Crippen molar-refractivity contribution in [2.24, 2.45) is 0 Å². The predicted octanol–water partition coefficient (Wildman–Crippen LogP) is -0.0463. The van der Waals surface area contributed by atoms with Crippen LogP contribution in [-0.4, -0.2) is 28.0 Å². The van der Waals surface area contributed by atoms with Crippen LogP contribution in [0.15, 0.2) is 17.2 Å². The van der Waals surface area contributed by atoms with Gasteiger partial charge in [0, 0.05) is 25.0 Å². The van der Waals surface area contributed by atoms with Gasteiger partial charge in [-0.15, -0.1) is 0 Å². The molecule has 1 heterocycles. The van der Waals surface area contributed by atoms with Gasteiger partial charge in [0.1, 0.15) is 0 Å². The lowest BCUT2D eigenvalue weighted by Gasteiger charge is -2.07. The Bertz CT molecular complexity index is 465. The van der Waals surface area contributed by atoms with Crippen molar-refractivity contribution in [3.05, 3.63) is 22.7 Å². The van der Waals surface area contributed by atoms with Gasteiger partial charge in [0.25, 0.3) is 5.56 Å². The average Bonchev–Trinajstić information content (AvgIpc) is 3.11. The Labute approximate surface area is 99.1 Å². The SMILES string of the molecule is CCn1ccnc(NCC(=O)NC2CC2)c1=O. The molecule has 0 aromatic carbocycles. The number of rotatable bonds is 5. The lowest BCUT2D eigenvalue weighted by atomic mass is 10.5. The van der Waals surface area contributed by atoms with Crippen LogP contribution in [0.5, 0.6) is 0 Å². The Hall–Kier alpha value is -1.85. The second-order valence-corrected chi connectivity index (χ2v) is 4.06. The molecule has 1 aromatic heterocycles. The Morgan fingerprint density at radius 2 is 2.35 bits per heavy atom. The van der Waals surface area contributed by atoms with Gasteiger partial charge < -0.3 is 15.2 Å². The van der Waals surface area contributed by atoms with Crippen molar-refractivity contribution in [2.45, 2.75) is 32.4 Å². The minimum Gasteiger partial charge on any atom is -0.356 e. The summed E-state index contributed by atoms with van der Waals surface area (Å²) < 4.78 is 1.54. The maximum Gasteiger partial charge on any atom is 0.293 e. The summed E-state index contributed by atoms with van der Waals surface area (Å²) in [5.41, 5.74) is -0.200. The van der Waals surface area contributed by atoms with Crippen LogP contribution in [0.4, 0.5) is 5.82 Å². The van der Waals surface area contributed by atoms with Crippen LogP contribution in [-0.2, 0) is 11.3 Å². The van der Waals surface area contributed by atoms with E-state index >= 15 is 0 Å². The molecule has 0 radical (unpaired) electrons. The molecule has 1 saturated carbocycles. The zero-order valence-corrected chi connectivity index (χ0v) is 9.77. The van der Waals surface area contributed by atoms with Crippen molar-refractivity contribution in [1.29, 1.82) is 0 Å². The number of hydrogen-bond donors (Lipinski definition) is 2. The normalized spacial score (nSPS) is 14.4. The first kappa shape index (κ1) is 11.6. The number of hydrogen-bond acceptors (Lipinski definition) is 4. The summed E-state index contributed by atoms with van der Waals surface area (Å²) >= 11 is 0. The zero-order chi connectivity index (χ0) is 12.3. The molecule has 0 spiro atoms. The third-order valence-electron chi connectivity index (χ3n) is 2.61. The van der Waals surface area contributed by atoms with Crippen LogP contribution < -0.4 is 16.2 Å². The van der Waals surface area contributed by atoms with Gasteiger partial charge in [-0.3, -0.25) is 9.59 Å². The number of amides is 1. The topological polar surface area (TPSA) is 76.0 Å². The molecule has 1 fully saturated rings. The van der Waals surface area contributed by atoms with E-state index in [1.54, 1.807) is 12.4 Å². The van der Waals surface area contributed by atoms with Crippen LogP contribution in [0.25, 0.3) is 0 Å². The molecule has 0 atom stereocenters. The lowest BCUT2D eigenvalue weighted by molar-refractivity contribution is -0.119. The Balaban J connectivity index is 1.93. The van der Waals surface area contributed by atoms with Gasteiger partial charge in [0.2, 0.25) is 5.91 Å². The molecule has 1 aliphatic carbocycles. The van der Waals surface area contributed by atoms with E-state index in [1.807, 2.05) is 6.92 Å². The molecular formula is C11H16N4O2. The van der Waals surface area contributed by atoms with Crippen molar-refractivity contribution in [2.75, 3.05) is 11.9 Å². The van der Waals surface area contributed by atoms with E-state index in [1.165, 1.54) is 4.57 Å². The van der Waals surface area contributed by atoms with Gasteiger partial charge in [0.15, 0.2) is 5.82 Å². The summed E-state index contributed by atoms with van der Waals surface area (Å²) in [6, 6.07) is 0.334. The first-order chi connectivity index (χ1) is 8.20. The summed E-state index contributed by atoms with van der Waals surface area (Å²) in [4.78, 5) is 27.1. The fraction of sp³-hybridized carbons (Fsp3) is 0.545. The zero-order valence-electron chi connectivity index (χ0n) is 9.77. The van der Waals surface area contributed by atoms with E-state index in [0.717, 1.165) is 12.8 Å². The minimum atomic E-state index is -0.200. The summed E-state index contributed by atoms with van der Waals surface area (Å²) in [6.07, 6.45) is 5.28. The van der Waals surface area contributed by atoms with Crippen LogP contribution >= 0.6 is 0 Å². The standard InChI is InChI=1S/C11H16N4O2/c1-2-15-6-5-12-10(11(15)17)13-7-9(16)14-8-3-4-8/h5-6,8H,2-4,7H2,1H3,(H,12,13)(H,14,16). The van der Waals surface area contributed by atoms with E-state index in [4.69, 9.17) is 0 Å². The molecule has 92 valence electrons. The molecule has 2 rings (SSSR count). The van der Waals surface area contributed by atoms with Crippen molar-refractivity contribution in [3.63, 3.8) is 0 Å². The van der Waals surface area contributed by atoms with Crippen molar-refractivity contribution < 1.29 is 4.79 Å². The molecule has 1 aliphatic rings. The number of carbonyl (C=O) groups excluding carboxylic acids is 1. The summed E-state index contributed by atoms with van der Waals surface area (Å²) in [5, 5.41) is 5.60. The number of carbonyl (C=O) groups is 1. The molecule has 0 saturated heterocycles. The molecule has 0 aliphatic heterocycles. The second-order valence-electron chi connectivity index (χ2n) is 4.06. The van der Waals surface area contributed by atoms with Gasteiger partial charge in [-0.1, -0.05) is 0 Å². The van der Waals surface area contributed by atoms with Gasteiger partial charge in [-0.2, -0.15) is 0 Å². The number of anilines is 1. The highest BCUT2D eigenvalue weighted by Crippen LogP contribution is 2.18. The number of nitrogens with one attached hydrogen (secondary N) is 2. The monoisotopic (exact) mass is 236 g/mol. The quantitative estimate of drug-likeness (QED) is 0.751. The molecule has 1 amide bonds. The third-order valence-corrected chi connectivity index (χ3v) is 2.61. The first-order valence-electron chi connectivity index (χ1n) is 5.79. The maximum atomic E-state index is 11.8. The molecule has 6 nitrogen and oxygen atoms in total. The van der Waals surface area contributed by atoms with Gasteiger partial charge >= 0.3 is 0 Å².